The van der Waals surface area contributed by atoms with E-state index in [-0.39, 0.29) is 6.23 Å². The van der Waals surface area contributed by atoms with Crippen LogP contribution in [0.25, 0.3) is 0 Å². The van der Waals surface area contributed by atoms with E-state index < -0.39 is 0 Å². The fourth-order valence-corrected chi connectivity index (χ4v) is 0.854. The summed E-state index contributed by atoms with van der Waals surface area (Å²) >= 11 is 0. The van der Waals surface area contributed by atoms with E-state index in [0.717, 1.165) is 19.3 Å². The third kappa shape index (κ3) is 5.85. The lowest BCUT2D eigenvalue weighted by Gasteiger charge is -2.14. The Bertz CT molecular complexity index is 96.1. The molecule has 0 saturated heterocycles. The largest absolute Gasteiger partial charge is 0.359 e. The van der Waals surface area contributed by atoms with Crippen molar-refractivity contribution in [2.24, 2.45) is 0 Å². The maximum absolute atomic E-state index is 9.94. The van der Waals surface area contributed by atoms with Crippen molar-refractivity contribution in [1.82, 2.24) is 5.32 Å². The van der Waals surface area contributed by atoms with Crippen LogP contribution in [0.3, 0.4) is 0 Å². The molecule has 1 amide bonds. The van der Waals surface area contributed by atoms with E-state index in [4.69, 9.17) is 4.74 Å². The first kappa shape index (κ1) is 10.4. The summed E-state index contributed by atoms with van der Waals surface area (Å²) in [4.78, 5) is 9.94. The Balaban J connectivity index is 3.41. The number of carbonyl (C=O) groups excluding carboxylic acids is 1. The van der Waals surface area contributed by atoms with Crippen LogP contribution in [0.4, 0.5) is 0 Å². The lowest BCUT2D eigenvalue weighted by Crippen LogP contribution is -2.30. The molecule has 0 rings (SSSR count). The molecule has 0 aliphatic heterocycles. The molecular formula is C8H16NO2. The number of rotatable bonds is 7. The Kier molecular flexibility index (Phi) is 7.15. The lowest BCUT2D eigenvalue weighted by atomic mass is 10.2. The van der Waals surface area contributed by atoms with Crippen molar-refractivity contribution in [1.29, 1.82) is 0 Å². The van der Waals surface area contributed by atoms with Crippen LogP contribution in [0.15, 0.2) is 0 Å². The standard InChI is InChI=1S/C8H16NO2/c1-3-5-6-8(9-7-10)11-4-2/h8H,3-6H2,1-2H3,(H,9,10). The number of unbranched alkanes of at least 4 members (excludes halogenated alkanes) is 1. The highest BCUT2D eigenvalue weighted by Crippen LogP contribution is 2.00. The summed E-state index contributed by atoms with van der Waals surface area (Å²) in [6, 6.07) is 0. The molecule has 3 heteroatoms. The molecule has 1 atom stereocenters. The number of hydrogen-bond acceptors (Lipinski definition) is 2. The van der Waals surface area contributed by atoms with Crippen molar-refractivity contribution in [3.05, 3.63) is 0 Å². The first-order valence-corrected chi connectivity index (χ1v) is 4.09. The number of ether oxygens (including phenoxy) is 1. The molecule has 0 heterocycles. The Morgan fingerprint density at radius 3 is 2.73 bits per heavy atom. The number of nitrogens with one attached hydrogen (secondary N) is 1. The second-order valence-electron chi connectivity index (χ2n) is 2.33. The van der Waals surface area contributed by atoms with Gasteiger partial charge in [-0.1, -0.05) is 13.3 Å². The summed E-state index contributed by atoms with van der Waals surface area (Å²) in [7, 11) is 0. The Hall–Kier alpha value is -0.570. The first-order chi connectivity index (χ1) is 5.35. The van der Waals surface area contributed by atoms with Crippen LogP contribution < -0.4 is 5.32 Å². The zero-order valence-corrected chi connectivity index (χ0v) is 7.22. The van der Waals surface area contributed by atoms with E-state index in [2.05, 4.69) is 12.2 Å². The zero-order chi connectivity index (χ0) is 8.53. The van der Waals surface area contributed by atoms with E-state index in [9.17, 15) is 4.79 Å². The minimum atomic E-state index is -0.141. The molecule has 11 heavy (non-hydrogen) atoms. The second-order valence-corrected chi connectivity index (χ2v) is 2.33. The Morgan fingerprint density at radius 1 is 1.55 bits per heavy atom. The highest BCUT2D eigenvalue weighted by Gasteiger charge is 2.04. The fraction of sp³-hybridized carbons (Fsp3) is 0.875. The topological polar surface area (TPSA) is 38.3 Å². The Morgan fingerprint density at radius 2 is 2.27 bits per heavy atom. The normalized spacial score (nSPS) is 12.5. The van der Waals surface area contributed by atoms with Gasteiger partial charge >= 0.3 is 6.41 Å². The SMILES string of the molecule is CCCCC(N[C]=O)OCC. The van der Waals surface area contributed by atoms with Gasteiger partial charge in [0.1, 0.15) is 6.23 Å². The molecule has 0 spiro atoms. The molecular weight excluding hydrogens is 142 g/mol. The molecule has 0 aliphatic rings. The van der Waals surface area contributed by atoms with Gasteiger partial charge in [0.25, 0.3) is 0 Å². The van der Waals surface area contributed by atoms with Crippen LogP contribution in [-0.2, 0) is 9.53 Å². The van der Waals surface area contributed by atoms with Gasteiger partial charge in [-0.25, -0.2) is 0 Å². The van der Waals surface area contributed by atoms with Gasteiger partial charge < -0.3 is 10.1 Å². The van der Waals surface area contributed by atoms with E-state index in [0.29, 0.717) is 6.61 Å². The van der Waals surface area contributed by atoms with Crippen molar-refractivity contribution in [3.63, 3.8) is 0 Å². The average Bonchev–Trinajstić information content (AvgIpc) is 2.01. The molecule has 0 bridgehead atoms. The minimum Gasteiger partial charge on any atom is -0.359 e. The fourth-order valence-electron chi connectivity index (χ4n) is 0.854. The molecule has 0 aliphatic carbocycles. The predicted molar refractivity (Wildman–Crippen MR) is 43.8 cm³/mol. The number of amides is 1. The highest BCUT2D eigenvalue weighted by atomic mass is 16.5. The minimum absolute atomic E-state index is 0.141. The lowest BCUT2D eigenvalue weighted by molar-refractivity contribution is 0.0444. The van der Waals surface area contributed by atoms with Gasteiger partial charge in [0.2, 0.25) is 0 Å². The summed E-state index contributed by atoms with van der Waals surface area (Å²) in [6.07, 6.45) is 4.55. The quantitative estimate of drug-likeness (QED) is 0.446. The van der Waals surface area contributed by atoms with E-state index in [1.807, 2.05) is 6.92 Å². The summed E-state index contributed by atoms with van der Waals surface area (Å²) in [5.41, 5.74) is 0. The molecule has 0 fully saturated rings. The Labute approximate surface area is 68.1 Å². The maximum atomic E-state index is 9.94. The van der Waals surface area contributed by atoms with Crippen LogP contribution in [0.1, 0.15) is 33.1 Å². The van der Waals surface area contributed by atoms with Crippen molar-refractivity contribution >= 4 is 6.41 Å². The van der Waals surface area contributed by atoms with Crippen molar-refractivity contribution < 1.29 is 9.53 Å². The van der Waals surface area contributed by atoms with E-state index >= 15 is 0 Å². The van der Waals surface area contributed by atoms with Gasteiger partial charge in [0.15, 0.2) is 0 Å². The monoisotopic (exact) mass is 158 g/mol. The molecule has 1 unspecified atom stereocenters. The van der Waals surface area contributed by atoms with Gasteiger partial charge in [-0.05, 0) is 19.8 Å². The summed E-state index contributed by atoms with van der Waals surface area (Å²) in [6.45, 7) is 4.64. The zero-order valence-electron chi connectivity index (χ0n) is 7.22. The van der Waals surface area contributed by atoms with Crippen LogP contribution in [0, 0.1) is 0 Å². The van der Waals surface area contributed by atoms with E-state index in [1.54, 1.807) is 6.41 Å². The van der Waals surface area contributed by atoms with Gasteiger partial charge in [0, 0.05) is 6.61 Å². The molecule has 3 nitrogen and oxygen atoms in total. The summed E-state index contributed by atoms with van der Waals surface area (Å²) < 4.78 is 5.21. The molecule has 0 saturated carbocycles. The molecule has 65 valence electrons. The number of hydrogen-bond donors (Lipinski definition) is 1. The van der Waals surface area contributed by atoms with Crippen molar-refractivity contribution in [3.8, 4) is 0 Å². The van der Waals surface area contributed by atoms with Crippen LogP contribution >= 0.6 is 0 Å². The van der Waals surface area contributed by atoms with Gasteiger partial charge in [-0.3, -0.25) is 4.79 Å². The van der Waals surface area contributed by atoms with Crippen LogP contribution in [0.5, 0.6) is 0 Å². The summed E-state index contributed by atoms with van der Waals surface area (Å²) in [5.74, 6) is 0. The highest BCUT2D eigenvalue weighted by molar-refractivity contribution is 5.47. The molecule has 0 aromatic carbocycles. The molecule has 1 radical (unpaired) electrons. The van der Waals surface area contributed by atoms with Crippen molar-refractivity contribution in [2.75, 3.05) is 6.61 Å². The molecule has 1 N–H and O–H groups in total. The molecule has 0 aromatic rings. The van der Waals surface area contributed by atoms with Crippen LogP contribution in [0.2, 0.25) is 0 Å². The van der Waals surface area contributed by atoms with Crippen molar-refractivity contribution in [2.45, 2.75) is 39.3 Å². The average molecular weight is 158 g/mol. The third-order valence-electron chi connectivity index (χ3n) is 1.41. The van der Waals surface area contributed by atoms with Crippen LogP contribution in [-0.4, -0.2) is 19.2 Å². The third-order valence-corrected chi connectivity index (χ3v) is 1.41. The van der Waals surface area contributed by atoms with E-state index in [1.165, 1.54) is 0 Å². The summed E-state index contributed by atoms with van der Waals surface area (Å²) in [5, 5.41) is 2.49. The second kappa shape index (κ2) is 7.54. The molecule has 0 aromatic heterocycles. The predicted octanol–water partition coefficient (Wildman–Crippen LogP) is 1.20. The van der Waals surface area contributed by atoms with Gasteiger partial charge in [0.05, 0.1) is 0 Å². The van der Waals surface area contributed by atoms with Gasteiger partial charge in [-0.2, -0.15) is 0 Å². The smallest absolute Gasteiger partial charge is 0.311 e. The first-order valence-electron chi connectivity index (χ1n) is 4.09. The van der Waals surface area contributed by atoms with Gasteiger partial charge in [-0.15, -0.1) is 0 Å². The maximum Gasteiger partial charge on any atom is 0.311 e.